The third kappa shape index (κ3) is 1.85. The highest BCUT2D eigenvalue weighted by molar-refractivity contribution is 5.77. The van der Waals surface area contributed by atoms with Crippen LogP contribution in [0.3, 0.4) is 0 Å². The minimum atomic E-state index is -0.299. The first-order valence-electron chi connectivity index (χ1n) is 6.05. The molecule has 0 unspecified atom stereocenters. The van der Waals surface area contributed by atoms with Crippen LogP contribution in [0, 0.1) is 12.7 Å². The topological polar surface area (TPSA) is 66.0 Å². The molecule has 1 aromatic carbocycles. The van der Waals surface area contributed by atoms with Gasteiger partial charge in [-0.05, 0) is 30.7 Å². The number of halogens is 1. The van der Waals surface area contributed by atoms with Gasteiger partial charge in [0.1, 0.15) is 11.3 Å². The van der Waals surface area contributed by atoms with Gasteiger partial charge in [-0.2, -0.15) is 4.98 Å². The highest BCUT2D eigenvalue weighted by Gasteiger charge is 2.13. The Labute approximate surface area is 114 Å². The summed E-state index contributed by atoms with van der Waals surface area (Å²) >= 11 is 0. The van der Waals surface area contributed by atoms with Crippen molar-refractivity contribution in [2.24, 2.45) is 0 Å². The van der Waals surface area contributed by atoms with Crippen LogP contribution in [0.25, 0.3) is 16.9 Å². The second-order valence-corrected chi connectivity index (χ2v) is 4.44. The highest BCUT2D eigenvalue weighted by atomic mass is 19.1. The zero-order valence-corrected chi connectivity index (χ0v) is 11.1. The SMILES string of the molecule is COc1ccc2nc(N)n(-c3ccc(C)c(F)c3)c2n1. The Morgan fingerprint density at radius 2 is 2.00 bits per heavy atom. The number of nitrogens with zero attached hydrogens (tertiary/aromatic N) is 3. The number of nitrogens with two attached hydrogens (primary N) is 1. The molecule has 0 bridgehead atoms. The predicted molar refractivity (Wildman–Crippen MR) is 74.5 cm³/mol. The molecule has 0 atom stereocenters. The lowest BCUT2D eigenvalue weighted by molar-refractivity contribution is 0.399. The summed E-state index contributed by atoms with van der Waals surface area (Å²) in [6.07, 6.45) is 0. The number of imidazole rings is 1. The van der Waals surface area contributed by atoms with Gasteiger partial charge in [-0.25, -0.2) is 9.37 Å². The molecule has 0 saturated heterocycles. The van der Waals surface area contributed by atoms with Gasteiger partial charge in [0, 0.05) is 6.07 Å². The fraction of sp³-hybridized carbons (Fsp3) is 0.143. The third-order valence-corrected chi connectivity index (χ3v) is 3.13. The van der Waals surface area contributed by atoms with Gasteiger partial charge >= 0.3 is 0 Å². The normalized spacial score (nSPS) is 10.9. The number of hydrogen-bond donors (Lipinski definition) is 1. The lowest BCUT2D eigenvalue weighted by Gasteiger charge is -2.07. The molecule has 5 nitrogen and oxygen atoms in total. The highest BCUT2D eigenvalue weighted by Crippen LogP contribution is 2.24. The van der Waals surface area contributed by atoms with Crippen molar-refractivity contribution in [1.29, 1.82) is 0 Å². The summed E-state index contributed by atoms with van der Waals surface area (Å²) in [5, 5.41) is 0. The Morgan fingerprint density at radius 1 is 1.20 bits per heavy atom. The standard InChI is InChI=1S/C14H13FN4O/c1-8-3-4-9(7-10(8)15)19-13-11(17-14(19)16)5-6-12(18-13)20-2/h3-7H,1-2H3,(H2,16,17). The van der Waals surface area contributed by atoms with E-state index in [0.717, 1.165) is 0 Å². The van der Waals surface area contributed by atoms with Crippen LogP contribution in [-0.2, 0) is 0 Å². The maximum atomic E-state index is 13.7. The zero-order chi connectivity index (χ0) is 14.3. The van der Waals surface area contributed by atoms with Gasteiger partial charge < -0.3 is 10.5 Å². The van der Waals surface area contributed by atoms with E-state index in [9.17, 15) is 4.39 Å². The molecule has 102 valence electrons. The van der Waals surface area contributed by atoms with Gasteiger partial charge in [-0.3, -0.25) is 4.57 Å². The van der Waals surface area contributed by atoms with Crippen molar-refractivity contribution < 1.29 is 9.13 Å². The minimum Gasteiger partial charge on any atom is -0.481 e. The second kappa shape index (κ2) is 4.48. The van der Waals surface area contributed by atoms with Crippen molar-refractivity contribution in [3.8, 4) is 11.6 Å². The summed E-state index contributed by atoms with van der Waals surface area (Å²) in [5.74, 6) is 0.405. The second-order valence-electron chi connectivity index (χ2n) is 4.44. The molecular formula is C14H13FN4O. The Balaban J connectivity index is 2.28. The molecule has 2 aromatic heterocycles. The number of fused-ring (bicyclic) bond motifs is 1. The van der Waals surface area contributed by atoms with Crippen LogP contribution in [0.4, 0.5) is 10.3 Å². The number of aryl methyl sites for hydroxylation is 1. The van der Waals surface area contributed by atoms with E-state index < -0.39 is 0 Å². The van der Waals surface area contributed by atoms with Crippen molar-refractivity contribution in [3.05, 3.63) is 41.7 Å². The van der Waals surface area contributed by atoms with Gasteiger partial charge in [0.15, 0.2) is 5.65 Å². The van der Waals surface area contributed by atoms with Crippen LogP contribution >= 0.6 is 0 Å². The molecule has 0 saturated carbocycles. The summed E-state index contributed by atoms with van der Waals surface area (Å²) in [5.41, 5.74) is 8.22. The largest absolute Gasteiger partial charge is 0.481 e. The number of nitrogen functional groups attached to an aromatic ring is 1. The molecule has 2 N–H and O–H groups in total. The van der Waals surface area contributed by atoms with Crippen molar-refractivity contribution in [1.82, 2.24) is 14.5 Å². The molecule has 0 amide bonds. The fourth-order valence-electron chi connectivity index (χ4n) is 2.05. The maximum Gasteiger partial charge on any atom is 0.215 e. The summed E-state index contributed by atoms with van der Waals surface area (Å²) in [6, 6.07) is 8.34. The maximum absolute atomic E-state index is 13.7. The lowest BCUT2D eigenvalue weighted by Crippen LogP contribution is -2.02. The fourth-order valence-corrected chi connectivity index (χ4v) is 2.05. The van der Waals surface area contributed by atoms with Crippen LogP contribution in [0.5, 0.6) is 5.88 Å². The van der Waals surface area contributed by atoms with Gasteiger partial charge in [0.25, 0.3) is 0 Å². The lowest BCUT2D eigenvalue weighted by atomic mass is 10.2. The molecule has 0 fully saturated rings. The Hall–Kier alpha value is -2.63. The average Bonchev–Trinajstić information content (AvgIpc) is 2.77. The summed E-state index contributed by atoms with van der Waals surface area (Å²) < 4.78 is 20.4. The predicted octanol–water partition coefficient (Wildman–Crippen LogP) is 2.46. The monoisotopic (exact) mass is 272 g/mol. The molecule has 0 aliphatic heterocycles. The smallest absolute Gasteiger partial charge is 0.215 e. The molecule has 0 radical (unpaired) electrons. The zero-order valence-electron chi connectivity index (χ0n) is 11.1. The summed E-state index contributed by atoms with van der Waals surface area (Å²) in [6.45, 7) is 1.70. The van der Waals surface area contributed by atoms with Crippen molar-refractivity contribution in [2.75, 3.05) is 12.8 Å². The molecule has 0 aliphatic rings. The van der Waals surface area contributed by atoms with E-state index in [2.05, 4.69) is 9.97 Å². The van der Waals surface area contributed by atoms with Crippen LogP contribution in [0.2, 0.25) is 0 Å². The van der Waals surface area contributed by atoms with E-state index in [1.54, 1.807) is 35.8 Å². The van der Waals surface area contributed by atoms with Crippen molar-refractivity contribution in [2.45, 2.75) is 6.92 Å². The van der Waals surface area contributed by atoms with Crippen molar-refractivity contribution >= 4 is 17.1 Å². The van der Waals surface area contributed by atoms with Crippen LogP contribution in [0.1, 0.15) is 5.56 Å². The first-order chi connectivity index (χ1) is 9.60. The van der Waals surface area contributed by atoms with Gasteiger partial charge in [0.05, 0.1) is 12.8 Å². The van der Waals surface area contributed by atoms with Crippen LogP contribution < -0.4 is 10.5 Å². The van der Waals surface area contributed by atoms with Gasteiger partial charge in [-0.1, -0.05) is 6.07 Å². The molecule has 20 heavy (non-hydrogen) atoms. The first kappa shape index (κ1) is 12.4. The Morgan fingerprint density at radius 3 is 2.70 bits per heavy atom. The molecule has 6 heteroatoms. The van der Waals surface area contributed by atoms with Gasteiger partial charge in [0.2, 0.25) is 11.8 Å². The molecule has 3 aromatic rings. The Bertz CT molecular complexity index is 797. The minimum absolute atomic E-state index is 0.254. The van der Waals surface area contributed by atoms with E-state index in [-0.39, 0.29) is 11.8 Å². The van der Waals surface area contributed by atoms with Gasteiger partial charge in [-0.15, -0.1) is 0 Å². The van der Waals surface area contributed by atoms with Crippen LogP contribution in [-0.4, -0.2) is 21.6 Å². The number of ether oxygens (including phenoxy) is 1. The third-order valence-electron chi connectivity index (χ3n) is 3.13. The van der Waals surface area contributed by atoms with E-state index in [1.165, 1.54) is 13.2 Å². The molecule has 0 spiro atoms. The first-order valence-corrected chi connectivity index (χ1v) is 6.05. The van der Waals surface area contributed by atoms with E-state index in [1.807, 2.05) is 0 Å². The summed E-state index contributed by atoms with van der Waals surface area (Å²) in [7, 11) is 1.53. The molecule has 0 aliphatic carbocycles. The number of methoxy groups -OCH3 is 1. The van der Waals surface area contributed by atoms with Crippen molar-refractivity contribution in [3.63, 3.8) is 0 Å². The number of anilines is 1. The van der Waals surface area contributed by atoms with E-state index in [0.29, 0.717) is 28.3 Å². The van der Waals surface area contributed by atoms with E-state index >= 15 is 0 Å². The summed E-state index contributed by atoms with van der Waals surface area (Å²) in [4.78, 5) is 8.54. The Kier molecular flexibility index (Phi) is 2.78. The number of benzene rings is 1. The number of hydrogen-bond acceptors (Lipinski definition) is 4. The quantitative estimate of drug-likeness (QED) is 0.778. The molecular weight excluding hydrogens is 259 g/mol. The molecule has 3 rings (SSSR count). The number of pyridine rings is 1. The molecule has 2 heterocycles. The van der Waals surface area contributed by atoms with E-state index in [4.69, 9.17) is 10.5 Å². The number of rotatable bonds is 2. The average molecular weight is 272 g/mol. The number of aromatic nitrogens is 3. The van der Waals surface area contributed by atoms with Crippen LogP contribution in [0.15, 0.2) is 30.3 Å².